The van der Waals surface area contributed by atoms with Crippen molar-refractivity contribution in [1.29, 1.82) is 0 Å². The van der Waals surface area contributed by atoms with E-state index in [1.165, 1.54) is 18.3 Å². The molecule has 1 aliphatic heterocycles. The van der Waals surface area contributed by atoms with E-state index in [0.29, 0.717) is 22.5 Å². The van der Waals surface area contributed by atoms with Crippen molar-refractivity contribution in [3.63, 3.8) is 0 Å². The van der Waals surface area contributed by atoms with Crippen molar-refractivity contribution >= 4 is 32.9 Å². The molecule has 0 bridgehead atoms. The number of nitrogens with one attached hydrogen (secondary N) is 2. The summed E-state index contributed by atoms with van der Waals surface area (Å²) in [6, 6.07) is 7.83. The highest BCUT2D eigenvalue weighted by Gasteiger charge is 2.27. The quantitative estimate of drug-likeness (QED) is 0.847. The van der Waals surface area contributed by atoms with Crippen LogP contribution < -0.4 is 10.0 Å². The van der Waals surface area contributed by atoms with E-state index in [0.717, 1.165) is 5.57 Å². The van der Waals surface area contributed by atoms with Crippen LogP contribution >= 0.6 is 0 Å². The number of pyridine rings is 1. The minimum Gasteiger partial charge on any atom is -0.321 e. The summed E-state index contributed by atoms with van der Waals surface area (Å²) in [6.45, 7) is 3.64. The lowest BCUT2D eigenvalue weighted by Gasteiger charge is -2.09. The zero-order valence-corrected chi connectivity index (χ0v) is 13.4. The molecule has 0 unspecified atom stereocenters. The van der Waals surface area contributed by atoms with Gasteiger partial charge in [0, 0.05) is 23.0 Å². The molecule has 0 saturated heterocycles. The van der Waals surface area contributed by atoms with E-state index >= 15 is 0 Å². The monoisotopic (exact) mass is 329 g/mol. The number of amides is 1. The lowest BCUT2D eigenvalue weighted by Crippen LogP contribution is -2.13. The highest BCUT2D eigenvalue weighted by atomic mass is 32.2. The summed E-state index contributed by atoms with van der Waals surface area (Å²) >= 11 is 0. The van der Waals surface area contributed by atoms with Gasteiger partial charge in [0.05, 0.1) is 16.8 Å². The van der Waals surface area contributed by atoms with Crippen LogP contribution in [0.15, 0.2) is 53.2 Å². The van der Waals surface area contributed by atoms with Gasteiger partial charge in [-0.25, -0.2) is 8.42 Å². The predicted octanol–water partition coefficient (Wildman–Crippen LogP) is 2.63. The Morgan fingerprint density at radius 2 is 2.00 bits per heavy atom. The highest BCUT2D eigenvalue weighted by molar-refractivity contribution is 7.92. The number of fused-ring (bicyclic) bond motifs is 1. The predicted molar refractivity (Wildman–Crippen MR) is 88.4 cm³/mol. The largest absolute Gasteiger partial charge is 0.321 e. The molecule has 1 aromatic carbocycles. The minimum atomic E-state index is -3.75. The van der Waals surface area contributed by atoms with Crippen LogP contribution in [0.3, 0.4) is 0 Å². The average molecular weight is 329 g/mol. The zero-order valence-electron chi connectivity index (χ0n) is 12.6. The number of hydrogen-bond acceptors (Lipinski definition) is 4. The normalized spacial score (nSPS) is 13.5. The number of carbonyl (C=O) groups is 1. The van der Waals surface area contributed by atoms with E-state index in [-0.39, 0.29) is 10.8 Å². The van der Waals surface area contributed by atoms with E-state index in [1.807, 2.05) is 13.8 Å². The number of carbonyl (C=O) groups excluding carboxylic acids is 1. The van der Waals surface area contributed by atoms with Crippen LogP contribution in [0.5, 0.6) is 0 Å². The lowest BCUT2D eigenvalue weighted by atomic mass is 10.0. The standard InChI is InChI=1S/C16H15N3O3S/c1-10(2)15-13-8-12(5-6-14(13)18-16(15)20)23(21,22)19-11-4-3-7-17-9-11/h3-9,19H,1-2H3,(H,18,20). The van der Waals surface area contributed by atoms with Crippen molar-refractivity contribution in [2.45, 2.75) is 18.7 Å². The second-order valence-corrected chi connectivity index (χ2v) is 7.07. The first kappa shape index (κ1) is 15.2. The molecule has 0 radical (unpaired) electrons. The van der Waals surface area contributed by atoms with Crippen LogP contribution in [0.1, 0.15) is 19.4 Å². The molecular formula is C16H15N3O3S. The molecule has 2 aromatic rings. The van der Waals surface area contributed by atoms with Crippen LogP contribution in [0.25, 0.3) is 5.57 Å². The summed E-state index contributed by atoms with van der Waals surface area (Å²) in [5.74, 6) is -0.213. The molecule has 0 saturated carbocycles. The van der Waals surface area contributed by atoms with Gasteiger partial charge in [0.1, 0.15) is 0 Å². The maximum atomic E-state index is 12.5. The van der Waals surface area contributed by atoms with Crippen LogP contribution in [-0.2, 0) is 14.8 Å². The molecule has 0 atom stereocenters. The molecule has 118 valence electrons. The third kappa shape index (κ3) is 2.83. The summed E-state index contributed by atoms with van der Waals surface area (Å²) in [7, 11) is -3.75. The van der Waals surface area contributed by atoms with Crippen molar-refractivity contribution in [3.05, 3.63) is 53.9 Å². The van der Waals surface area contributed by atoms with Crippen molar-refractivity contribution in [2.75, 3.05) is 10.0 Å². The van der Waals surface area contributed by atoms with Gasteiger partial charge >= 0.3 is 0 Å². The van der Waals surface area contributed by atoms with Crippen molar-refractivity contribution in [3.8, 4) is 0 Å². The van der Waals surface area contributed by atoms with Crippen LogP contribution in [-0.4, -0.2) is 19.3 Å². The van der Waals surface area contributed by atoms with Gasteiger partial charge in [-0.05, 0) is 44.2 Å². The van der Waals surface area contributed by atoms with Crippen LogP contribution in [0.2, 0.25) is 0 Å². The van der Waals surface area contributed by atoms with E-state index < -0.39 is 10.0 Å². The Balaban J connectivity index is 2.03. The molecule has 2 N–H and O–H groups in total. The van der Waals surface area contributed by atoms with E-state index in [9.17, 15) is 13.2 Å². The molecule has 2 heterocycles. The summed E-state index contributed by atoms with van der Waals surface area (Å²) in [4.78, 5) is 16.0. The molecule has 1 aliphatic rings. The Hall–Kier alpha value is -2.67. The first-order chi connectivity index (χ1) is 10.9. The SMILES string of the molecule is CC(C)=C1C(=O)Nc2ccc(S(=O)(=O)Nc3cccnc3)cc21. The molecule has 0 aliphatic carbocycles. The van der Waals surface area contributed by atoms with Crippen LogP contribution in [0, 0.1) is 0 Å². The first-order valence-electron chi connectivity index (χ1n) is 6.94. The second kappa shape index (κ2) is 5.51. The average Bonchev–Trinajstić information content (AvgIpc) is 2.82. The number of nitrogens with zero attached hydrogens (tertiary/aromatic N) is 1. The van der Waals surface area contributed by atoms with Crippen molar-refractivity contribution < 1.29 is 13.2 Å². The van der Waals surface area contributed by atoms with Gasteiger partial charge in [0.15, 0.2) is 0 Å². The summed E-state index contributed by atoms with van der Waals surface area (Å²) in [5.41, 5.74) is 2.94. The van der Waals surface area contributed by atoms with Gasteiger partial charge in [-0.1, -0.05) is 5.57 Å². The Bertz CT molecular complexity index is 915. The van der Waals surface area contributed by atoms with Gasteiger partial charge in [-0.15, -0.1) is 0 Å². The molecule has 6 nitrogen and oxygen atoms in total. The molecule has 7 heteroatoms. The zero-order chi connectivity index (χ0) is 16.6. The minimum absolute atomic E-state index is 0.0929. The fraction of sp³-hybridized carbons (Fsp3) is 0.125. The van der Waals surface area contributed by atoms with Crippen LogP contribution in [0.4, 0.5) is 11.4 Å². The molecule has 0 spiro atoms. The number of rotatable bonds is 3. The molecular weight excluding hydrogens is 314 g/mol. The summed E-state index contributed by atoms with van der Waals surface area (Å²) in [5, 5.41) is 2.74. The number of hydrogen-bond donors (Lipinski definition) is 2. The Kier molecular flexibility index (Phi) is 3.65. The maximum Gasteiger partial charge on any atom is 0.261 e. The maximum absolute atomic E-state index is 12.5. The molecule has 0 fully saturated rings. The second-order valence-electron chi connectivity index (χ2n) is 5.38. The number of aromatic nitrogens is 1. The first-order valence-corrected chi connectivity index (χ1v) is 8.43. The van der Waals surface area contributed by atoms with Gasteiger partial charge in [-0.3, -0.25) is 14.5 Å². The summed E-state index contributed by atoms with van der Waals surface area (Å²) < 4.78 is 27.5. The molecule has 3 rings (SSSR count). The van der Waals surface area contributed by atoms with Gasteiger partial charge in [-0.2, -0.15) is 0 Å². The number of allylic oxidation sites excluding steroid dienone is 1. The fourth-order valence-electron chi connectivity index (χ4n) is 2.45. The third-order valence-electron chi connectivity index (χ3n) is 3.46. The van der Waals surface area contributed by atoms with Gasteiger partial charge < -0.3 is 5.32 Å². The topological polar surface area (TPSA) is 88.2 Å². The number of benzene rings is 1. The third-order valence-corrected chi connectivity index (χ3v) is 4.84. The number of sulfonamides is 1. The highest BCUT2D eigenvalue weighted by Crippen LogP contribution is 2.35. The molecule has 1 amide bonds. The van der Waals surface area contributed by atoms with E-state index in [1.54, 1.807) is 24.4 Å². The molecule has 23 heavy (non-hydrogen) atoms. The molecule has 1 aromatic heterocycles. The fourth-order valence-corrected chi connectivity index (χ4v) is 3.52. The Labute approximate surface area is 134 Å². The van der Waals surface area contributed by atoms with Gasteiger partial charge in [0.25, 0.3) is 15.9 Å². The van der Waals surface area contributed by atoms with Gasteiger partial charge in [0.2, 0.25) is 0 Å². The van der Waals surface area contributed by atoms with Crippen molar-refractivity contribution in [2.24, 2.45) is 0 Å². The van der Waals surface area contributed by atoms with Crippen molar-refractivity contribution in [1.82, 2.24) is 4.98 Å². The Morgan fingerprint density at radius 3 is 2.65 bits per heavy atom. The van der Waals surface area contributed by atoms with E-state index in [2.05, 4.69) is 15.0 Å². The lowest BCUT2D eigenvalue weighted by molar-refractivity contribution is -0.110. The summed E-state index contributed by atoms with van der Waals surface area (Å²) in [6.07, 6.45) is 2.99. The number of anilines is 2. The Morgan fingerprint density at radius 1 is 1.22 bits per heavy atom. The van der Waals surface area contributed by atoms with E-state index in [4.69, 9.17) is 0 Å². The smallest absolute Gasteiger partial charge is 0.261 e.